The molecule has 2 N–H and O–H groups in total. The van der Waals surface area contributed by atoms with Crippen LogP contribution >= 0.6 is 34.8 Å². The summed E-state index contributed by atoms with van der Waals surface area (Å²) in [7, 11) is -2.19. The molecule has 2 aromatic rings. The van der Waals surface area contributed by atoms with Gasteiger partial charge in [0.25, 0.3) is 5.91 Å². The Morgan fingerprint density at radius 1 is 1.00 bits per heavy atom. The van der Waals surface area contributed by atoms with E-state index in [9.17, 15) is 18.0 Å². The second kappa shape index (κ2) is 10.3. The van der Waals surface area contributed by atoms with Crippen LogP contribution in [-0.2, 0) is 30.8 Å². The number of hydrogen-bond acceptors (Lipinski definition) is 5. The van der Waals surface area contributed by atoms with E-state index in [-0.39, 0.29) is 32.1 Å². The summed E-state index contributed by atoms with van der Waals surface area (Å²) in [4.78, 5) is 23.9. The molecular formula is C18H17Cl3N2O5S. The largest absolute Gasteiger partial charge is 0.456 e. The van der Waals surface area contributed by atoms with Gasteiger partial charge in [-0.15, -0.1) is 0 Å². The molecule has 0 fully saturated rings. The third-order valence-electron chi connectivity index (χ3n) is 3.77. The number of rotatable bonds is 8. The van der Waals surface area contributed by atoms with Crippen molar-refractivity contribution in [2.45, 2.75) is 17.7 Å². The summed E-state index contributed by atoms with van der Waals surface area (Å²) in [5.74, 6) is -1.16. The molecule has 0 atom stereocenters. The van der Waals surface area contributed by atoms with Crippen molar-refractivity contribution in [1.29, 1.82) is 0 Å². The Hall–Kier alpha value is -1.84. The molecule has 11 heteroatoms. The van der Waals surface area contributed by atoms with Gasteiger partial charge in [-0.25, -0.2) is 13.1 Å². The summed E-state index contributed by atoms with van der Waals surface area (Å²) < 4.78 is 30.5. The number of carbonyl (C=O) groups is 2. The van der Waals surface area contributed by atoms with E-state index in [2.05, 4.69) is 10.0 Å². The van der Waals surface area contributed by atoms with Crippen molar-refractivity contribution in [2.75, 3.05) is 19.0 Å². The predicted molar refractivity (Wildman–Crippen MR) is 112 cm³/mol. The smallest absolute Gasteiger partial charge is 0.306 e. The summed E-state index contributed by atoms with van der Waals surface area (Å²) in [6, 6.07) is 8.89. The summed E-state index contributed by atoms with van der Waals surface area (Å²) in [6.07, 6.45) is 0.359. The second-order valence-corrected chi connectivity index (χ2v) is 8.91. The summed E-state index contributed by atoms with van der Waals surface area (Å²) in [5.41, 5.74) is 1.00. The first-order valence-corrected chi connectivity index (χ1v) is 10.9. The Balaban J connectivity index is 1.81. The standard InChI is InChI=1S/C18H17Cl3N2O5S/c1-22-29(26,27)12-5-2-11(3-6-12)4-7-18(25)28-10-17(24)23-16-9-14(20)13(19)8-15(16)21/h2-3,5-6,8-9,22H,4,7,10H2,1H3,(H,23,24). The topological polar surface area (TPSA) is 102 Å². The lowest BCUT2D eigenvalue weighted by Gasteiger charge is -2.09. The molecule has 0 saturated carbocycles. The minimum atomic E-state index is -3.51. The number of ether oxygens (including phenoxy) is 1. The van der Waals surface area contributed by atoms with Crippen LogP contribution in [0.15, 0.2) is 41.3 Å². The van der Waals surface area contributed by atoms with Crippen molar-refractivity contribution >= 4 is 62.4 Å². The van der Waals surface area contributed by atoms with E-state index in [1.807, 2.05) is 0 Å². The van der Waals surface area contributed by atoms with Gasteiger partial charge in [-0.2, -0.15) is 0 Å². The number of benzene rings is 2. The number of halogens is 3. The van der Waals surface area contributed by atoms with Gasteiger partial charge >= 0.3 is 5.97 Å². The van der Waals surface area contributed by atoms with Gasteiger partial charge in [0.2, 0.25) is 10.0 Å². The van der Waals surface area contributed by atoms with E-state index in [1.165, 1.54) is 31.3 Å². The van der Waals surface area contributed by atoms with E-state index >= 15 is 0 Å². The van der Waals surface area contributed by atoms with Crippen molar-refractivity contribution in [3.8, 4) is 0 Å². The van der Waals surface area contributed by atoms with Gasteiger partial charge in [0.1, 0.15) is 0 Å². The summed E-state index contributed by atoms with van der Waals surface area (Å²) >= 11 is 17.7. The number of sulfonamides is 1. The van der Waals surface area contributed by atoms with E-state index in [1.54, 1.807) is 12.1 Å². The molecule has 7 nitrogen and oxygen atoms in total. The first-order chi connectivity index (χ1) is 13.6. The maximum Gasteiger partial charge on any atom is 0.306 e. The van der Waals surface area contributed by atoms with Gasteiger partial charge in [-0.1, -0.05) is 46.9 Å². The van der Waals surface area contributed by atoms with Gasteiger partial charge in [0.15, 0.2) is 6.61 Å². The summed E-state index contributed by atoms with van der Waals surface area (Å²) in [6.45, 7) is -0.491. The quantitative estimate of drug-likeness (QED) is 0.444. The number of nitrogens with one attached hydrogen (secondary N) is 2. The molecule has 0 aromatic heterocycles. The maximum atomic E-state index is 11.9. The molecule has 1 amide bonds. The average molecular weight is 480 g/mol. The molecule has 156 valence electrons. The lowest BCUT2D eigenvalue weighted by Crippen LogP contribution is -2.21. The van der Waals surface area contributed by atoms with Crippen molar-refractivity contribution in [1.82, 2.24) is 4.72 Å². The first kappa shape index (κ1) is 23.4. The molecular weight excluding hydrogens is 463 g/mol. The normalized spacial score (nSPS) is 11.2. The van der Waals surface area contributed by atoms with Crippen LogP contribution in [0.4, 0.5) is 5.69 Å². The highest BCUT2D eigenvalue weighted by atomic mass is 35.5. The number of hydrogen-bond donors (Lipinski definition) is 2. The zero-order chi connectivity index (χ0) is 21.6. The Kier molecular flexibility index (Phi) is 8.30. The van der Waals surface area contributed by atoms with Crippen LogP contribution in [-0.4, -0.2) is 33.9 Å². The third-order valence-corrected chi connectivity index (χ3v) is 6.23. The van der Waals surface area contributed by atoms with Gasteiger partial charge < -0.3 is 10.1 Å². The lowest BCUT2D eigenvalue weighted by atomic mass is 10.1. The van der Waals surface area contributed by atoms with Crippen molar-refractivity contribution < 1.29 is 22.7 Å². The number of carbonyl (C=O) groups excluding carboxylic acids is 2. The van der Waals surface area contributed by atoms with Crippen LogP contribution in [0.3, 0.4) is 0 Å². The Morgan fingerprint density at radius 2 is 1.62 bits per heavy atom. The fourth-order valence-electron chi connectivity index (χ4n) is 2.22. The van der Waals surface area contributed by atoms with Crippen molar-refractivity contribution in [3.05, 3.63) is 57.0 Å². The maximum absolute atomic E-state index is 11.9. The Labute approximate surface area is 183 Å². The van der Waals surface area contributed by atoms with Crippen molar-refractivity contribution in [3.63, 3.8) is 0 Å². The highest BCUT2D eigenvalue weighted by Gasteiger charge is 2.13. The second-order valence-electron chi connectivity index (χ2n) is 5.81. The summed E-state index contributed by atoms with van der Waals surface area (Å²) in [5, 5.41) is 3.14. The molecule has 29 heavy (non-hydrogen) atoms. The van der Waals surface area contributed by atoms with Gasteiger partial charge in [0, 0.05) is 6.42 Å². The van der Waals surface area contributed by atoms with Crippen LogP contribution in [0.5, 0.6) is 0 Å². The molecule has 0 spiro atoms. The van der Waals surface area contributed by atoms with Crippen LogP contribution in [0, 0.1) is 0 Å². The van der Waals surface area contributed by atoms with E-state index in [0.717, 1.165) is 5.56 Å². The highest BCUT2D eigenvalue weighted by molar-refractivity contribution is 7.89. The van der Waals surface area contributed by atoms with Gasteiger partial charge in [-0.05, 0) is 43.3 Å². The Bertz CT molecular complexity index is 1010. The van der Waals surface area contributed by atoms with Gasteiger partial charge in [-0.3, -0.25) is 9.59 Å². The molecule has 2 aromatic carbocycles. The minimum Gasteiger partial charge on any atom is -0.456 e. The number of esters is 1. The molecule has 0 aliphatic heterocycles. The Morgan fingerprint density at radius 3 is 2.24 bits per heavy atom. The minimum absolute atomic E-state index is 0.0267. The molecule has 0 unspecified atom stereocenters. The van der Waals surface area contributed by atoms with Gasteiger partial charge in [0.05, 0.1) is 25.7 Å². The zero-order valence-electron chi connectivity index (χ0n) is 15.2. The van der Waals surface area contributed by atoms with Crippen LogP contribution in [0.25, 0.3) is 0 Å². The first-order valence-electron chi connectivity index (χ1n) is 8.25. The van der Waals surface area contributed by atoms with Crippen molar-refractivity contribution in [2.24, 2.45) is 0 Å². The molecule has 0 bridgehead atoms. The molecule has 2 rings (SSSR count). The van der Waals surface area contributed by atoms with E-state index < -0.39 is 28.5 Å². The van der Waals surface area contributed by atoms with Crippen LogP contribution < -0.4 is 10.0 Å². The molecule has 0 aliphatic carbocycles. The highest BCUT2D eigenvalue weighted by Crippen LogP contribution is 2.32. The number of amides is 1. The molecule has 0 saturated heterocycles. The van der Waals surface area contributed by atoms with Crippen LogP contribution in [0.2, 0.25) is 15.1 Å². The number of anilines is 1. The van der Waals surface area contributed by atoms with Crippen LogP contribution in [0.1, 0.15) is 12.0 Å². The average Bonchev–Trinajstić information content (AvgIpc) is 2.69. The fraction of sp³-hybridized carbons (Fsp3) is 0.222. The van der Waals surface area contributed by atoms with E-state index in [4.69, 9.17) is 39.5 Å². The fourth-order valence-corrected chi connectivity index (χ4v) is 3.55. The zero-order valence-corrected chi connectivity index (χ0v) is 18.3. The monoisotopic (exact) mass is 478 g/mol. The lowest BCUT2D eigenvalue weighted by molar-refractivity contribution is -0.147. The third kappa shape index (κ3) is 6.87. The molecule has 0 heterocycles. The SMILES string of the molecule is CNS(=O)(=O)c1ccc(CCC(=O)OCC(=O)Nc2cc(Cl)c(Cl)cc2Cl)cc1. The predicted octanol–water partition coefficient (Wildman–Crippen LogP) is 3.67. The molecule has 0 radical (unpaired) electrons. The number of aryl methyl sites for hydroxylation is 1. The molecule has 0 aliphatic rings. The van der Waals surface area contributed by atoms with E-state index in [0.29, 0.717) is 6.42 Å².